The van der Waals surface area contributed by atoms with Gasteiger partial charge in [-0.15, -0.1) is 0 Å². The lowest BCUT2D eigenvalue weighted by Crippen LogP contribution is -2.41. The van der Waals surface area contributed by atoms with Gasteiger partial charge in [0.05, 0.1) is 12.2 Å². The van der Waals surface area contributed by atoms with E-state index in [-0.39, 0.29) is 17.8 Å². The lowest BCUT2D eigenvalue weighted by Gasteiger charge is -2.32. The van der Waals surface area contributed by atoms with Gasteiger partial charge in [-0.3, -0.25) is 4.79 Å². The number of hydrogen-bond acceptors (Lipinski definition) is 3. The van der Waals surface area contributed by atoms with Crippen LogP contribution in [0.1, 0.15) is 33.6 Å². The summed E-state index contributed by atoms with van der Waals surface area (Å²) in [4.78, 5) is 26.4. The maximum Gasteiger partial charge on any atom is 0.338 e. The molecule has 1 saturated heterocycles. The van der Waals surface area contributed by atoms with Crippen molar-refractivity contribution in [2.45, 2.75) is 12.8 Å². The van der Waals surface area contributed by atoms with Crippen molar-refractivity contribution in [2.24, 2.45) is 5.92 Å². The molecule has 2 aromatic rings. The predicted octanol–water partition coefficient (Wildman–Crippen LogP) is 3.40. The number of carbonyl (C=O) groups excluding carboxylic acids is 2. The monoisotopic (exact) mass is 323 g/mol. The van der Waals surface area contributed by atoms with Gasteiger partial charge in [-0.1, -0.05) is 36.4 Å². The summed E-state index contributed by atoms with van der Waals surface area (Å²) < 4.78 is 5.42. The first kappa shape index (κ1) is 16.2. The van der Waals surface area contributed by atoms with Gasteiger partial charge in [0.1, 0.15) is 0 Å². The van der Waals surface area contributed by atoms with Gasteiger partial charge in [0, 0.05) is 24.6 Å². The Morgan fingerprint density at radius 2 is 1.58 bits per heavy atom. The van der Waals surface area contributed by atoms with Crippen molar-refractivity contribution >= 4 is 11.9 Å². The number of nitrogens with zero attached hydrogens (tertiary/aromatic N) is 1. The van der Waals surface area contributed by atoms with Gasteiger partial charge in [-0.2, -0.15) is 0 Å². The van der Waals surface area contributed by atoms with Crippen LogP contribution in [0.15, 0.2) is 60.7 Å². The van der Waals surface area contributed by atoms with Crippen molar-refractivity contribution in [3.8, 4) is 0 Å². The van der Waals surface area contributed by atoms with Gasteiger partial charge in [0.15, 0.2) is 0 Å². The summed E-state index contributed by atoms with van der Waals surface area (Å²) in [5, 5.41) is 0. The third-order valence-electron chi connectivity index (χ3n) is 4.29. The van der Waals surface area contributed by atoms with E-state index in [0.717, 1.165) is 19.4 Å². The summed E-state index contributed by atoms with van der Waals surface area (Å²) in [5.41, 5.74) is 1.27. The highest BCUT2D eigenvalue weighted by atomic mass is 16.5. The minimum absolute atomic E-state index is 0.0506. The molecular formula is C20H21NO3. The Labute approximate surface area is 142 Å². The second-order valence-electron chi connectivity index (χ2n) is 6.09. The van der Waals surface area contributed by atoms with E-state index < -0.39 is 0 Å². The van der Waals surface area contributed by atoms with Crippen LogP contribution < -0.4 is 0 Å². The van der Waals surface area contributed by atoms with Crippen molar-refractivity contribution in [3.05, 3.63) is 71.8 Å². The lowest BCUT2D eigenvalue weighted by molar-refractivity contribution is 0.0342. The summed E-state index contributed by atoms with van der Waals surface area (Å²) in [7, 11) is 0. The molecule has 2 aromatic carbocycles. The number of amides is 1. The molecule has 0 radical (unpaired) electrons. The number of piperidine rings is 1. The maximum absolute atomic E-state index is 12.5. The Morgan fingerprint density at radius 1 is 0.958 bits per heavy atom. The van der Waals surface area contributed by atoms with Gasteiger partial charge in [-0.05, 0) is 37.1 Å². The molecule has 0 aromatic heterocycles. The lowest BCUT2D eigenvalue weighted by atomic mass is 9.98. The zero-order chi connectivity index (χ0) is 16.8. The Balaban J connectivity index is 1.54. The average Bonchev–Trinajstić information content (AvgIpc) is 2.67. The smallest absolute Gasteiger partial charge is 0.338 e. The number of likely N-dealkylation sites (tertiary alicyclic amines) is 1. The molecule has 0 N–H and O–H groups in total. The molecule has 4 nitrogen and oxygen atoms in total. The third-order valence-corrected chi connectivity index (χ3v) is 4.29. The highest BCUT2D eigenvalue weighted by Crippen LogP contribution is 2.19. The number of esters is 1. The standard InChI is InChI=1S/C20H21NO3/c22-19(17-9-3-1-4-10-17)21-13-7-8-16(14-21)15-24-20(23)18-11-5-2-6-12-18/h1-6,9-12,16H,7-8,13-15H2. The highest BCUT2D eigenvalue weighted by Gasteiger charge is 2.25. The molecule has 0 spiro atoms. The van der Waals surface area contributed by atoms with Gasteiger partial charge in [-0.25, -0.2) is 4.79 Å². The van der Waals surface area contributed by atoms with E-state index >= 15 is 0 Å². The molecule has 1 unspecified atom stereocenters. The molecule has 1 atom stereocenters. The Morgan fingerprint density at radius 3 is 2.25 bits per heavy atom. The average molecular weight is 323 g/mol. The van der Waals surface area contributed by atoms with E-state index in [1.807, 2.05) is 53.4 Å². The SMILES string of the molecule is O=C(OCC1CCCN(C(=O)c2ccccc2)C1)c1ccccc1. The van der Waals surface area contributed by atoms with E-state index in [4.69, 9.17) is 4.74 Å². The van der Waals surface area contributed by atoms with Crippen LogP contribution in [0.4, 0.5) is 0 Å². The molecule has 24 heavy (non-hydrogen) atoms. The van der Waals surface area contributed by atoms with Crippen LogP contribution in [-0.4, -0.2) is 36.5 Å². The van der Waals surface area contributed by atoms with Crippen molar-refractivity contribution in [1.29, 1.82) is 0 Å². The number of hydrogen-bond donors (Lipinski definition) is 0. The molecule has 4 heteroatoms. The number of ether oxygens (including phenoxy) is 1. The van der Waals surface area contributed by atoms with Crippen molar-refractivity contribution in [2.75, 3.05) is 19.7 Å². The van der Waals surface area contributed by atoms with E-state index in [2.05, 4.69) is 0 Å². The van der Waals surface area contributed by atoms with Crippen LogP contribution in [0, 0.1) is 5.92 Å². The van der Waals surface area contributed by atoms with Crippen LogP contribution in [0.25, 0.3) is 0 Å². The fourth-order valence-electron chi connectivity index (χ4n) is 3.00. The molecule has 0 aliphatic carbocycles. The minimum Gasteiger partial charge on any atom is -0.462 e. The first-order chi connectivity index (χ1) is 11.7. The largest absolute Gasteiger partial charge is 0.462 e. The number of benzene rings is 2. The van der Waals surface area contributed by atoms with Gasteiger partial charge in [0.2, 0.25) is 0 Å². The van der Waals surface area contributed by atoms with E-state index in [0.29, 0.717) is 24.3 Å². The fraction of sp³-hybridized carbons (Fsp3) is 0.300. The summed E-state index contributed by atoms with van der Waals surface area (Å²) >= 11 is 0. The molecule has 1 aliphatic heterocycles. The maximum atomic E-state index is 12.5. The minimum atomic E-state index is -0.304. The van der Waals surface area contributed by atoms with Crippen LogP contribution >= 0.6 is 0 Å². The molecule has 1 aliphatic rings. The van der Waals surface area contributed by atoms with E-state index in [1.54, 1.807) is 12.1 Å². The first-order valence-electron chi connectivity index (χ1n) is 8.30. The van der Waals surface area contributed by atoms with Crippen LogP contribution in [-0.2, 0) is 4.74 Å². The molecular weight excluding hydrogens is 302 g/mol. The topological polar surface area (TPSA) is 46.6 Å². The summed E-state index contributed by atoms with van der Waals surface area (Å²) in [6.45, 7) is 1.75. The quantitative estimate of drug-likeness (QED) is 0.810. The number of rotatable bonds is 4. The van der Waals surface area contributed by atoms with E-state index in [1.165, 1.54) is 0 Å². The van der Waals surface area contributed by atoms with Crippen molar-refractivity contribution < 1.29 is 14.3 Å². The molecule has 1 heterocycles. The van der Waals surface area contributed by atoms with Gasteiger partial charge < -0.3 is 9.64 Å². The molecule has 124 valence electrons. The van der Waals surface area contributed by atoms with Crippen LogP contribution in [0.2, 0.25) is 0 Å². The predicted molar refractivity (Wildman–Crippen MR) is 91.8 cm³/mol. The Hall–Kier alpha value is -2.62. The zero-order valence-electron chi connectivity index (χ0n) is 13.6. The fourth-order valence-corrected chi connectivity index (χ4v) is 3.00. The Bertz CT molecular complexity index is 685. The Kier molecular flexibility index (Phi) is 5.26. The third kappa shape index (κ3) is 4.02. The normalized spacial score (nSPS) is 17.3. The molecule has 0 saturated carbocycles. The highest BCUT2D eigenvalue weighted by molar-refractivity contribution is 5.94. The second kappa shape index (κ2) is 7.77. The van der Waals surface area contributed by atoms with Gasteiger partial charge >= 0.3 is 5.97 Å². The first-order valence-corrected chi connectivity index (χ1v) is 8.30. The van der Waals surface area contributed by atoms with Crippen molar-refractivity contribution in [3.63, 3.8) is 0 Å². The second-order valence-corrected chi connectivity index (χ2v) is 6.09. The summed E-state index contributed by atoms with van der Waals surface area (Å²) in [6, 6.07) is 18.3. The molecule has 0 bridgehead atoms. The number of carbonyl (C=O) groups is 2. The van der Waals surface area contributed by atoms with E-state index in [9.17, 15) is 9.59 Å². The van der Waals surface area contributed by atoms with Gasteiger partial charge in [0.25, 0.3) is 5.91 Å². The summed E-state index contributed by atoms with van der Waals surface area (Å²) in [6.07, 6.45) is 1.91. The molecule has 1 fully saturated rings. The van der Waals surface area contributed by atoms with Crippen LogP contribution in [0.5, 0.6) is 0 Å². The zero-order valence-corrected chi connectivity index (χ0v) is 13.6. The van der Waals surface area contributed by atoms with Crippen molar-refractivity contribution in [1.82, 2.24) is 4.90 Å². The summed E-state index contributed by atoms with van der Waals surface area (Å²) in [5.74, 6) is -0.0594. The van der Waals surface area contributed by atoms with Crippen LogP contribution in [0.3, 0.4) is 0 Å². The molecule has 1 amide bonds. The molecule has 3 rings (SSSR count).